The van der Waals surface area contributed by atoms with Crippen molar-refractivity contribution < 1.29 is 19.1 Å². The number of carbonyl (C=O) groups excluding carboxylic acids is 2. The number of carbonyl (C=O) groups is 2. The minimum Gasteiger partial charge on any atom is -0.495 e. The fourth-order valence-electron chi connectivity index (χ4n) is 4.84. The molecule has 2 aliphatic rings. The van der Waals surface area contributed by atoms with Gasteiger partial charge in [-0.15, -0.1) is 0 Å². The summed E-state index contributed by atoms with van der Waals surface area (Å²) in [5.74, 6) is 0.472. The third-order valence-corrected chi connectivity index (χ3v) is 6.82. The molecule has 0 aromatic heterocycles. The highest BCUT2D eigenvalue weighted by atomic mass is 79.9. The number of alkyl halides is 1. The van der Waals surface area contributed by atoms with Gasteiger partial charge in [0, 0.05) is 15.6 Å². The van der Waals surface area contributed by atoms with Gasteiger partial charge in [-0.1, -0.05) is 64.5 Å². The van der Waals surface area contributed by atoms with Crippen molar-refractivity contribution in [3.63, 3.8) is 0 Å². The molecule has 0 fully saturated rings. The standard InChI is InChI=1S/C23H17BrO4/c1-27-19-12-7-3-4-8-13(12)20(28-2)18-17(19)21(25)23(22(18)26)11-16(24)14-9-5-6-10-15(14)23/h3-10,16H,11H2,1-2H3. The van der Waals surface area contributed by atoms with Crippen LogP contribution in [0.4, 0.5) is 0 Å². The maximum atomic E-state index is 13.9. The van der Waals surface area contributed by atoms with Gasteiger partial charge in [-0.05, 0) is 17.5 Å². The second kappa shape index (κ2) is 5.92. The molecular formula is C23H17BrO4. The molecule has 0 saturated heterocycles. The van der Waals surface area contributed by atoms with Crippen molar-refractivity contribution in [1.29, 1.82) is 0 Å². The Bertz CT molecular complexity index is 1120. The number of ether oxygens (including phenoxy) is 2. The minimum absolute atomic E-state index is 0.0580. The summed E-state index contributed by atoms with van der Waals surface area (Å²) in [5.41, 5.74) is 1.19. The molecule has 3 aromatic carbocycles. The van der Waals surface area contributed by atoms with E-state index in [1.165, 1.54) is 14.2 Å². The predicted octanol–water partition coefficient (Wildman–Crippen LogP) is 5.01. The maximum Gasteiger partial charge on any atom is 0.185 e. The number of Topliss-reactive ketones (excluding diaryl/α,β-unsaturated/α-hetero) is 2. The van der Waals surface area contributed by atoms with Gasteiger partial charge >= 0.3 is 0 Å². The summed E-state index contributed by atoms with van der Waals surface area (Å²) >= 11 is 3.67. The molecule has 28 heavy (non-hydrogen) atoms. The average molecular weight is 437 g/mol. The number of halogens is 1. The van der Waals surface area contributed by atoms with Gasteiger partial charge in [0.25, 0.3) is 0 Å². The smallest absolute Gasteiger partial charge is 0.185 e. The number of benzene rings is 3. The second-order valence-corrected chi connectivity index (χ2v) is 8.29. The van der Waals surface area contributed by atoms with E-state index < -0.39 is 5.41 Å². The van der Waals surface area contributed by atoms with E-state index in [0.29, 0.717) is 29.0 Å². The maximum absolute atomic E-state index is 13.9. The van der Waals surface area contributed by atoms with E-state index >= 15 is 0 Å². The molecule has 0 saturated carbocycles. The van der Waals surface area contributed by atoms with Crippen LogP contribution in [0.2, 0.25) is 0 Å². The number of ketones is 2. The number of fused-ring (bicyclic) bond motifs is 4. The van der Waals surface area contributed by atoms with Crippen molar-refractivity contribution in [2.75, 3.05) is 14.2 Å². The van der Waals surface area contributed by atoms with Crippen LogP contribution in [-0.2, 0) is 5.41 Å². The zero-order chi connectivity index (χ0) is 19.6. The lowest BCUT2D eigenvalue weighted by Gasteiger charge is -2.21. The molecule has 1 spiro atoms. The highest BCUT2D eigenvalue weighted by molar-refractivity contribution is 9.09. The van der Waals surface area contributed by atoms with E-state index in [1.807, 2.05) is 48.5 Å². The molecule has 0 heterocycles. The van der Waals surface area contributed by atoms with Crippen LogP contribution in [0.5, 0.6) is 11.5 Å². The molecule has 3 aromatic rings. The zero-order valence-electron chi connectivity index (χ0n) is 15.4. The number of methoxy groups -OCH3 is 2. The van der Waals surface area contributed by atoms with E-state index in [4.69, 9.17) is 9.47 Å². The van der Waals surface area contributed by atoms with Crippen LogP contribution in [0.15, 0.2) is 48.5 Å². The predicted molar refractivity (Wildman–Crippen MR) is 110 cm³/mol. The quantitative estimate of drug-likeness (QED) is 0.418. The first kappa shape index (κ1) is 17.4. The van der Waals surface area contributed by atoms with E-state index in [9.17, 15) is 9.59 Å². The Morgan fingerprint density at radius 2 is 1.36 bits per heavy atom. The molecule has 140 valence electrons. The first-order valence-electron chi connectivity index (χ1n) is 9.06. The minimum atomic E-state index is -1.23. The van der Waals surface area contributed by atoms with Gasteiger partial charge in [0.1, 0.15) is 16.9 Å². The highest BCUT2D eigenvalue weighted by Gasteiger charge is 2.61. The molecule has 0 N–H and O–H groups in total. The summed E-state index contributed by atoms with van der Waals surface area (Å²) in [6.07, 6.45) is 0.390. The Hall–Kier alpha value is -2.66. The summed E-state index contributed by atoms with van der Waals surface area (Å²) in [5, 5.41) is 1.53. The van der Waals surface area contributed by atoms with Crippen molar-refractivity contribution >= 4 is 38.3 Å². The number of hydrogen-bond donors (Lipinski definition) is 0. The van der Waals surface area contributed by atoms with E-state index in [-0.39, 0.29) is 16.4 Å². The summed E-state index contributed by atoms with van der Waals surface area (Å²) in [6, 6.07) is 15.2. The molecule has 5 heteroatoms. The van der Waals surface area contributed by atoms with Crippen LogP contribution in [0.3, 0.4) is 0 Å². The highest BCUT2D eigenvalue weighted by Crippen LogP contribution is 2.58. The van der Waals surface area contributed by atoms with E-state index in [1.54, 1.807) is 0 Å². The normalized spacial score (nSPS) is 19.2. The molecule has 0 amide bonds. The zero-order valence-corrected chi connectivity index (χ0v) is 17.0. The number of hydrogen-bond acceptors (Lipinski definition) is 4. The lowest BCUT2D eigenvalue weighted by atomic mass is 9.77. The lowest BCUT2D eigenvalue weighted by molar-refractivity contribution is 0.0793. The second-order valence-electron chi connectivity index (χ2n) is 7.18. The molecule has 1 atom stereocenters. The van der Waals surface area contributed by atoms with E-state index in [0.717, 1.165) is 21.9 Å². The van der Waals surface area contributed by atoms with Crippen LogP contribution in [0.25, 0.3) is 10.8 Å². The molecule has 2 aliphatic carbocycles. The molecule has 0 aliphatic heterocycles. The van der Waals surface area contributed by atoms with Gasteiger partial charge < -0.3 is 9.47 Å². The average Bonchev–Trinajstić information content (AvgIpc) is 3.14. The van der Waals surface area contributed by atoms with Crippen LogP contribution >= 0.6 is 15.9 Å². The van der Waals surface area contributed by atoms with Gasteiger partial charge in [-0.25, -0.2) is 0 Å². The lowest BCUT2D eigenvalue weighted by Crippen LogP contribution is -2.36. The summed E-state index contributed by atoms with van der Waals surface area (Å²) in [4.78, 5) is 27.6. The molecule has 0 bridgehead atoms. The third-order valence-electron chi connectivity index (χ3n) is 6.00. The summed E-state index contributed by atoms with van der Waals surface area (Å²) in [6.45, 7) is 0. The van der Waals surface area contributed by atoms with Gasteiger partial charge in [0.05, 0.1) is 25.3 Å². The SMILES string of the molecule is COc1c2c(c(OC)c3ccccc13)C(=O)C1(CC(Br)c3ccccc31)C2=O. The number of rotatable bonds is 2. The van der Waals surface area contributed by atoms with Gasteiger partial charge in [-0.2, -0.15) is 0 Å². The van der Waals surface area contributed by atoms with Crippen molar-refractivity contribution in [2.45, 2.75) is 16.7 Å². The first-order chi connectivity index (χ1) is 13.6. The van der Waals surface area contributed by atoms with Crippen LogP contribution in [0.1, 0.15) is 43.1 Å². The summed E-state index contributed by atoms with van der Waals surface area (Å²) < 4.78 is 11.3. The molecule has 4 nitrogen and oxygen atoms in total. The molecule has 5 rings (SSSR count). The summed E-state index contributed by atoms with van der Waals surface area (Å²) in [7, 11) is 3.07. The van der Waals surface area contributed by atoms with Gasteiger partial charge in [0.15, 0.2) is 11.6 Å². The Morgan fingerprint density at radius 3 is 1.89 bits per heavy atom. The van der Waals surface area contributed by atoms with Crippen molar-refractivity contribution in [3.8, 4) is 11.5 Å². The Labute approximate surface area is 170 Å². The van der Waals surface area contributed by atoms with Crippen LogP contribution < -0.4 is 9.47 Å². The Morgan fingerprint density at radius 1 is 0.857 bits per heavy atom. The van der Waals surface area contributed by atoms with Gasteiger partial charge in [0.2, 0.25) is 0 Å². The monoisotopic (exact) mass is 436 g/mol. The van der Waals surface area contributed by atoms with Crippen molar-refractivity contribution in [1.82, 2.24) is 0 Å². The van der Waals surface area contributed by atoms with E-state index in [2.05, 4.69) is 15.9 Å². The fourth-order valence-corrected chi connectivity index (χ4v) is 5.73. The molecule has 1 unspecified atom stereocenters. The van der Waals surface area contributed by atoms with Crippen molar-refractivity contribution in [3.05, 3.63) is 70.8 Å². The Kier molecular flexibility index (Phi) is 3.68. The third kappa shape index (κ3) is 1.90. The molecule has 0 radical (unpaired) electrons. The largest absolute Gasteiger partial charge is 0.495 e. The topological polar surface area (TPSA) is 52.6 Å². The van der Waals surface area contributed by atoms with Crippen LogP contribution in [0, 0.1) is 0 Å². The Balaban J connectivity index is 1.90. The van der Waals surface area contributed by atoms with Crippen molar-refractivity contribution in [2.24, 2.45) is 0 Å². The fraction of sp³-hybridized carbons (Fsp3) is 0.217. The van der Waals surface area contributed by atoms with Crippen LogP contribution in [-0.4, -0.2) is 25.8 Å². The first-order valence-corrected chi connectivity index (χ1v) is 9.97. The van der Waals surface area contributed by atoms with Gasteiger partial charge in [-0.3, -0.25) is 9.59 Å². The molecular weight excluding hydrogens is 420 g/mol.